The Morgan fingerprint density at radius 1 is 1.57 bits per heavy atom. The molecule has 14 heavy (non-hydrogen) atoms. The van der Waals surface area contributed by atoms with Crippen LogP contribution in [0.4, 0.5) is 11.4 Å². The summed E-state index contributed by atoms with van der Waals surface area (Å²) in [4.78, 5) is 14.3. The van der Waals surface area contributed by atoms with Gasteiger partial charge < -0.3 is 10.6 Å². The van der Waals surface area contributed by atoms with Gasteiger partial charge in [-0.2, -0.15) is 0 Å². The molecule has 1 aliphatic heterocycles. The van der Waals surface area contributed by atoms with Crippen LogP contribution in [-0.4, -0.2) is 18.2 Å². The first-order valence-corrected chi connectivity index (χ1v) is 5.47. The van der Waals surface area contributed by atoms with Gasteiger partial charge in [-0.05, 0) is 18.2 Å². The second-order valence-corrected chi connectivity index (χ2v) is 4.38. The molecule has 0 saturated carbocycles. The van der Waals surface area contributed by atoms with Crippen LogP contribution in [0.15, 0.2) is 23.1 Å². The smallest absolute Gasteiger partial charge is 0.223 e. The molecule has 3 nitrogen and oxygen atoms in total. The van der Waals surface area contributed by atoms with E-state index in [1.165, 1.54) is 0 Å². The van der Waals surface area contributed by atoms with Gasteiger partial charge in [0, 0.05) is 29.8 Å². The van der Waals surface area contributed by atoms with Gasteiger partial charge in [0.25, 0.3) is 0 Å². The molecule has 1 aromatic carbocycles. The molecule has 0 fully saturated rings. The van der Waals surface area contributed by atoms with Gasteiger partial charge in [-0.25, -0.2) is 0 Å². The molecule has 4 heteroatoms. The van der Waals surface area contributed by atoms with E-state index in [0.717, 1.165) is 22.9 Å². The van der Waals surface area contributed by atoms with Gasteiger partial charge in [0.2, 0.25) is 5.91 Å². The lowest BCUT2D eigenvalue weighted by atomic mass is 10.2. The second kappa shape index (κ2) is 3.53. The zero-order valence-corrected chi connectivity index (χ0v) is 8.80. The van der Waals surface area contributed by atoms with Crippen LogP contribution < -0.4 is 10.6 Å². The van der Waals surface area contributed by atoms with Crippen molar-refractivity contribution in [3.8, 4) is 0 Å². The first-order chi connectivity index (χ1) is 6.68. The Kier molecular flexibility index (Phi) is 2.37. The first-order valence-electron chi connectivity index (χ1n) is 4.49. The van der Waals surface area contributed by atoms with E-state index in [2.05, 4.69) is 0 Å². The molecule has 2 N–H and O–H groups in total. The van der Waals surface area contributed by atoms with Gasteiger partial charge in [0.05, 0.1) is 5.69 Å². The number of hydrogen-bond donors (Lipinski definition) is 1. The number of thioether (sulfide) groups is 1. The Morgan fingerprint density at radius 2 is 2.36 bits per heavy atom. The number of anilines is 2. The topological polar surface area (TPSA) is 46.3 Å². The average Bonchev–Trinajstić information content (AvgIpc) is 2.16. The van der Waals surface area contributed by atoms with Gasteiger partial charge in [-0.1, -0.05) is 0 Å². The fourth-order valence-corrected chi connectivity index (χ4v) is 2.54. The van der Waals surface area contributed by atoms with Crippen LogP contribution in [0.3, 0.4) is 0 Å². The third kappa shape index (κ3) is 1.57. The van der Waals surface area contributed by atoms with Gasteiger partial charge in [0.15, 0.2) is 0 Å². The summed E-state index contributed by atoms with van der Waals surface area (Å²) in [7, 11) is 0. The van der Waals surface area contributed by atoms with E-state index in [4.69, 9.17) is 5.73 Å². The Labute approximate surface area is 87.3 Å². The van der Waals surface area contributed by atoms with E-state index < -0.39 is 0 Å². The molecular formula is C10H12N2OS. The first kappa shape index (κ1) is 9.40. The summed E-state index contributed by atoms with van der Waals surface area (Å²) in [6.45, 7) is 2.36. The predicted octanol–water partition coefficient (Wildman–Crippen LogP) is 1.73. The van der Waals surface area contributed by atoms with Crippen LogP contribution in [0, 0.1) is 0 Å². The Morgan fingerprint density at radius 3 is 3.07 bits per heavy atom. The number of benzene rings is 1. The molecular weight excluding hydrogens is 196 g/mol. The molecule has 2 rings (SSSR count). The van der Waals surface area contributed by atoms with E-state index in [-0.39, 0.29) is 5.91 Å². The highest BCUT2D eigenvalue weighted by atomic mass is 32.2. The van der Waals surface area contributed by atoms with Crippen molar-refractivity contribution in [3.63, 3.8) is 0 Å². The van der Waals surface area contributed by atoms with Crippen molar-refractivity contribution in [1.82, 2.24) is 0 Å². The minimum Gasteiger partial charge on any atom is -0.399 e. The standard InChI is InChI=1S/C10H12N2OS/c1-7(13)12-4-5-14-10-3-2-8(11)6-9(10)12/h2-3,6H,4-5,11H2,1H3. The lowest BCUT2D eigenvalue weighted by Crippen LogP contribution is -2.33. The van der Waals surface area contributed by atoms with Gasteiger partial charge in [-0.3, -0.25) is 4.79 Å². The SMILES string of the molecule is CC(=O)N1CCSc2ccc(N)cc21. The van der Waals surface area contributed by atoms with E-state index in [1.54, 1.807) is 23.6 Å². The number of rotatable bonds is 0. The molecule has 1 heterocycles. The maximum absolute atomic E-state index is 11.3. The Balaban J connectivity index is 2.46. The molecule has 74 valence electrons. The third-order valence-corrected chi connectivity index (χ3v) is 3.27. The molecule has 1 amide bonds. The van der Waals surface area contributed by atoms with E-state index in [1.807, 2.05) is 18.2 Å². The molecule has 0 bridgehead atoms. The maximum Gasteiger partial charge on any atom is 0.223 e. The molecule has 0 atom stereocenters. The fourth-order valence-electron chi connectivity index (χ4n) is 1.56. The number of nitrogens with zero attached hydrogens (tertiary/aromatic N) is 1. The highest BCUT2D eigenvalue weighted by Gasteiger charge is 2.20. The highest BCUT2D eigenvalue weighted by Crippen LogP contribution is 2.35. The van der Waals surface area contributed by atoms with Crippen molar-refractivity contribution in [1.29, 1.82) is 0 Å². The van der Waals surface area contributed by atoms with Crippen LogP contribution in [0.1, 0.15) is 6.92 Å². The average molecular weight is 208 g/mol. The van der Waals surface area contributed by atoms with Gasteiger partial charge in [0.1, 0.15) is 0 Å². The minimum absolute atomic E-state index is 0.0807. The summed E-state index contributed by atoms with van der Waals surface area (Å²) < 4.78 is 0. The molecule has 0 spiro atoms. The van der Waals surface area contributed by atoms with Crippen molar-refractivity contribution >= 4 is 29.0 Å². The largest absolute Gasteiger partial charge is 0.399 e. The molecule has 0 aliphatic carbocycles. The summed E-state index contributed by atoms with van der Waals surface area (Å²) >= 11 is 1.77. The minimum atomic E-state index is 0.0807. The molecule has 0 radical (unpaired) electrons. The quantitative estimate of drug-likeness (QED) is 0.660. The summed E-state index contributed by atoms with van der Waals surface area (Å²) in [6.07, 6.45) is 0. The maximum atomic E-state index is 11.3. The summed E-state index contributed by atoms with van der Waals surface area (Å²) in [5.74, 6) is 1.04. The van der Waals surface area contributed by atoms with Crippen LogP contribution in [0.5, 0.6) is 0 Å². The summed E-state index contributed by atoms with van der Waals surface area (Å²) in [5.41, 5.74) is 7.36. The third-order valence-electron chi connectivity index (χ3n) is 2.23. The van der Waals surface area contributed by atoms with Crippen molar-refractivity contribution < 1.29 is 4.79 Å². The molecule has 0 saturated heterocycles. The van der Waals surface area contributed by atoms with Gasteiger partial charge >= 0.3 is 0 Å². The number of amides is 1. The monoisotopic (exact) mass is 208 g/mol. The number of carbonyl (C=O) groups excluding carboxylic acids is 1. The molecule has 1 aromatic rings. The summed E-state index contributed by atoms with van der Waals surface area (Å²) in [6, 6.07) is 5.71. The highest BCUT2D eigenvalue weighted by molar-refractivity contribution is 7.99. The summed E-state index contributed by atoms with van der Waals surface area (Å²) in [5, 5.41) is 0. The van der Waals surface area contributed by atoms with E-state index >= 15 is 0 Å². The molecule has 0 unspecified atom stereocenters. The van der Waals surface area contributed by atoms with Crippen LogP contribution in [-0.2, 0) is 4.79 Å². The normalized spacial score (nSPS) is 15.1. The molecule has 1 aliphatic rings. The lowest BCUT2D eigenvalue weighted by Gasteiger charge is -2.28. The Bertz CT molecular complexity index is 378. The zero-order valence-electron chi connectivity index (χ0n) is 7.99. The van der Waals surface area contributed by atoms with Crippen molar-refractivity contribution in [2.45, 2.75) is 11.8 Å². The van der Waals surface area contributed by atoms with Crippen LogP contribution >= 0.6 is 11.8 Å². The number of nitrogens with two attached hydrogens (primary N) is 1. The van der Waals surface area contributed by atoms with E-state index in [0.29, 0.717) is 5.69 Å². The molecule has 0 aromatic heterocycles. The number of carbonyl (C=O) groups is 1. The lowest BCUT2D eigenvalue weighted by molar-refractivity contribution is -0.116. The van der Waals surface area contributed by atoms with E-state index in [9.17, 15) is 4.79 Å². The van der Waals surface area contributed by atoms with Crippen LogP contribution in [0.2, 0.25) is 0 Å². The van der Waals surface area contributed by atoms with Crippen molar-refractivity contribution in [2.75, 3.05) is 22.9 Å². The number of hydrogen-bond acceptors (Lipinski definition) is 3. The second-order valence-electron chi connectivity index (χ2n) is 3.25. The van der Waals surface area contributed by atoms with Crippen molar-refractivity contribution in [3.05, 3.63) is 18.2 Å². The number of nitrogen functional groups attached to an aromatic ring is 1. The van der Waals surface area contributed by atoms with Crippen LogP contribution in [0.25, 0.3) is 0 Å². The predicted molar refractivity (Wildman–Crippen MR) is 59.6 cm³/mol. The number of fused-ring (bicyclic) bond motifs is 1. The Hall–Kier alpha value is -1.16. The van der Waals surface area contributed by atoms with Crippen molar-refractivity contribution in [2.24, 2.45) is 0 Å². The zero-order chi connectivity index (χ0) is 10.1. The van der Waals surface area contributed by atoms with Gasteiger partial charge in [-0.15, -0.1) is 11.8 Å². The fraction of sp³-hybridized carbons (Fsp3) is 0.300.